The second-order valence-corrected chi connectivity index (χ2v) is 4.91. The topological polar surface area (TPSA) is 29.9 Å². The van der Waals surface area contributed by atoms with E-state index in [2.05, 4.69) is 35.5 Å². The molecule has 19 heavy (non-hydrogen) atoms. The van der Waals surface area contributed by atoms with E-state index in [1.807, 2.05) is 29.9 Å². The van der Waals surface area contributed by atoms with E-state index in [0.717, 1.165) is 18.7 Å². The third-order valence-corrected chi connectivity index (χ3v) is 3.58. The van der Waals surface area contributed by atoms with Gasteiger partial charge in [0.25, 0.3) is 0 Å². The fraction of sp³-hybridized carbons (Fsp3) is 0.400. The Morgan fingerprint density at radius 3 is 2.63 bits per heavy atom. The molecular weight excluding hydrogens is 258 g/mol. The average Bonchev–Trinajstić information content (AvgIpc) is 2.81. The Labute approximate surface area is 119 Å². The Balaban J connectivity index is 2.02. The van der Waals surface area contributed by atoms with Crippen molar-refractivity contribution in [2.45, 2.75) is 25.9 Å². The molecule has 4 heteroatoms. The van der Waals surface area contributed by atoms with Crippen LogP contribution in [0.4, 0.5) is 0 Å². The number of benzene rings is 1. The van der Waals surface area contributed by atoms with Gasteiger partial charge in [-0.1, -0.05) is 37.3 Å². The van der Waals surface area contributed by atoms with Gasteiger partial charge in [-0.15, -0.1) is 11.6 Å². The molecule has 3 nitrogen and oxygen atoms in total. The maximum Gasteiger partial charge on any atom is 0.0625 e. The smallest absolute Gasteiger partial charge is 0.0625 e. The Kier molecular flexibility index (Phi) is 5.00. The molecule has 1 N–H and O–H groups in total. The van der Waals surface area contributed by atoms with E-state index in [0.29, 0.717) is 5.88 Å². The van der Waals surface area contributed by atoms with Gasteiger partial charge in [0, 0.05) is 25.5 Å². The lowest BCUT2D eigenvalue weighted by molar-refractivity contribution is 0.551. The van der Waals surface area contributed by atoms with Crippen LogP contribution in [0.1, 0.15) is 29.9 Å². The van der Waals surface area contributed by atoms with E-state index < -0.39 is 0 Å². The lowest BCUT2D eigenvalue weighted by atomic mass is 10.1. The first-order chi connectivity index (χ1) is 9.24. The quantitative estimate of drug-likeness (QED) is 0.823. The van der Waals surface area contributed by atoms with Gasteiger partial charge in [0.05, 0.1) is 11.4 Å². The Bertz CT molecular complexity index is 507. The molecular formula is C15H20ClN3. The molecule has 0 aliphatic carbocycles. The van der Waals surface area contributed by atoms with Gasteiger partial charge in [-0.3, -0.25) is 4.68 Å². The van der Waals surface area contributed by atoms with Crippen molar-refractivity contribution in [2.24, 2.45) is 7.05 Å². The van der Waals surface area contributed by atoms with Crippen LogP contribution in [0.15, 0.2) is 36.4 Å². The number of halogens is 1. The zero-order chi connectivity index (χ0) is 13.7. The van der Waals surface area contributed by atoms with Gasteiger partial charge in [-0.25, -0.2) is 0 Å². The van der Waals surface area contributed by atoms with Gasteiger partial charge in [0.1, 0.15) is 0 Å². The Morgan fingerprint density at radius 1 is 1.32 bits per heavy atom. The van der Waals surface area contributed by atoms with E-state index in [-0.39, 0.29) is 6.04 Å². The number of aryl methyl sites for hydroxylation is 2. The van der Waals surface area contributed by atoms with E-state index in [1.165, 1.54) is 11.3 Å². The summed E-state index contributed by atoms with van der Waals surface area (Å²) in [4.78, 5) is 0. The standard InChI is InChI=1S/C15H20ClN3/c1-3-13-9-14(19(2)18-13)11-17-15(10-16)12-7-5-4-6-8-12/h4-9,15,17H,3,10-11H2,1-2H3. The van der Waals surface area contributed by atoms with E-state index >= 15 is 0 Å². The molecule has 0 aliphatic heterocycles. The number of hydrogen-bond donors (Lipinski definition) is 1. The highest BCUT2D eigenvalue weighted by molar-refractivity contribution is 6.18. The molecule has 1 aromatic carbocycles. The largest absolute Gasteiger partial charge is 0.303 e. The number of aromatic nitrogens is 2. The normalized spacial score (nSPS) is 12.6. The zero-order valence-electron chi connectivity index (χ0n) is 11.4. The van der Waals surface area contributed by atoms with Gasteiger partial charge in [-0.2, -0.15) is 5.10 Å². The minimum absolute atomic E-state index is 0.169. The highest BCUT2D eigenvalue weighted by Gasteiger charge is 2.11. The first-order valence-corrected chi connectivity index (χ1v) is 7.14. The summed E-state index contributed by atoms with van der Waals surface area (Å²) in [6.45, 7) is 2.89. The molecule has 0 saturated carbocycles. The fourth-order valence-electron chi connectivity index (χ4n) is 2.08. The monoisotopic (exact) mass is 277 g/mol. The summed E-state index contributed by atoms with van der Waals surface area (Å²) in [5.74, 6) is 0.558. The van der Waals surface area contributed by atoms with Crippen LogP contribution in [0.25, 0.3) is 0 Å². The predicted molar refractivity (Wildman–Crippen MR) is 79.3 cm³/mol. The average molecular weight is 278 g/mol. The van der Waals surface area contributed by atoms with Gasteiger partial charge >= 0.3 is 0 Å². The summed E-state index contributed by atoms with van der Waals surface area (Å²) in [6, 6.07) is 12.6. The molecule has 1 unspecified atom stereocenters. The van der Waals surface area contributed by atoms with Crippen molar-refractivity contribution in [1.29, 1.82) is 0 Å². The van der Waals surface area contributed by atoms with Crippen molar-refractivity contribution in [3.05, 3.63) is 53.3 Å². The number of alkyl halides is 1. The van der Waals surface area contributed by atoms with E-state index in [9.17, 15) is 0 Å². The minimum Gasteiger partial charge on any atom is -0.303 e. The highest BCUT2D eigenvalue weighted by Crippen LogP contribution is 2.15. The molecule has 2 rings (SSSR count). The maximum atomic E-state index is 6.06. The first kappa shape index (κ1) is 14.1. The van der Waals surface area contributed by atoms with Crippen molar-refractivity contribution in [2.75, 3.05) is 5.88 Å². The number of nitrogens with one attached hydrogen (secondary N) is 1. The second-order valence-electron chi connectivity index (χ2n) is 4.60. The first-order valence-electron chi connectivity index (χ1n) is 6.60. The molecule has 0 bridgehead atoms. The SMILES string of the molecule is CCc1cc(CNC(CCl)c2ccccc2)n(C)n1. The lowest BCUT2D eigenvalue weighted by Crippen LogP contribution is -2.23. The number of rotatable bonds is 6. The van der Waals surface area contributed by atoms with Crippen LogP contribution < -0.4 is 5.32 Å². The molecule has 1 atom stereocenters. The van der Waals surface area contributed by atoms with E-state index in [1.54, 1.807) is 0 Å². The molecule has 0 fully saturated rings. The zero-order valence-corrected chi connectivity index (χ0v) is 12.2. The molecule has 0 saturated heterocycles. The molecule has 0 radical (unpaired) electrons. The predicted octanol–water partition coefficient (Wildman–Crippen LogP) is 3.05. The molecule has 0 aliphatic rings. The summed E-state index contributed by atoms with van der Waals surface area (Å²) < 4.78 is 1.93. The summed E-state index contributed by atoms with van der Waals surface area (Å²) in [6.07, 6.45) is 0.964. The van der Waals surface area contributed by atoms with Crippen LogP contribution in [0.5, 0.6) is 0 Å². The van der Waals surface area contributed by atoms with Crippen LogP contribution >= 0.6 is 11.6 Å². The summed E-state index contributed by atoms with van der Waals surface area (Å²) in [5.41, 5.74) is 3.53. The van der Waals surface area contributed by atoms with Crippen LogP contribution in [-0.2, 0) is 20.0 Å². The summed E-state index contributed by atoms with van der Waals surface area (Å²) in [5, 5.41) is 7.94. The third kappa shape index (κ3) is 3.58. The second kappa shape index (κ2) is 6.73. The van der Waals surface area contributed by atoms with Crippen LogP contribution in [0, 0.1) is 0 Å². The maximum absolute atomic E-state index is 6.06. The van der Waals surface area contributed by atoms with Gasteiger partial charge in [0.15, 0.2) is 0 Å². The van der Waals surface area contributed by atoms with E-state index in [4.69, 9.17) is 11.6 Å². The summed E-state index contributed by atoms with van der Waals surface area (Å²) >= 11 is 6.06. The molecule has 0 spiro atoms. The Morgan fingerprint density at radius 2 is 2.05 bits per heavy atom. The molecule has 1 aromatic heterocycles. The van der Waals surface area contributed by atoms with Crippen molar-refractivity contribution in [1.82, 2.24) is 15.1 Å². The fourth-order valence-corrected chi connectivity index (χ4v) is 2.37. The van der Waals surface area contributed by atoms with Crippen LogP contribution in [0.2, 0.25) is 0 Å². The van der Waals surface area contributed by atoms with Crippen LogP contribution in [-0.4, -0.2) is 15.7 Å². The van der Waals surface area contributed by atoms with Crippen molar-refractivity contribution < 1.29 is 0 Å². The summed E-state index contributed by atoms with van der Waals surface area (Å²) in [7, 11) is 1.98. The number of hydrogen-bond acceptors (Lipinski definition) is 2. The van der Waals surface area contributed by atoms with Gasteiger partial charge in [0.2, 0.25) is 0 Å². The molecule has 0 amide bonds. The highest BCUT2D eigenvalue weighted by atomic mass is 35.5. The minimum atomic E-state index is 0.169. The van der Waals surface area contributed by atoms with Crippen molar-refractivity contribution in [3.8, 4) is 0 Å². The lowest BCUT2D eigenvalue weighted by Gasteiger charge is -2.16. The van der Waals surface area contributed by atoms with Crippen molar-refractivity contribution >= 4 is 11.6 Å². The van der Waals surface area contributed by atoms with Crippen LogP contribution in [0.3, 0.4) is 0 Å². The van der Waals surface area contributed by atoms with Gasteiger partial charge in [-0.05, 0) is 18.1 Å². The molecule has 2 aromatic rings. The Hall–Kier alpha value is -1.32. The third-order valence-electron chi connectivity index (χ3n) is 3.28. The number of nitrogens with zero attached hydrogens (tertiary/aromatic N) is 2. The molecule has 1 heterocycles. The van der Waals surface area contributed by atoms with Gasteiger partial charge < -0.3 is 5.32 Å². The molecule has 102 valence electrons. The van der Waals surface area contributed by atoms with Crippen molar-refractivity contribution in [3.63, 3.8) is 0 Å².